The molecule has 0 atom stereocenters. The van der Waals surface area contributed by atoms with E-state index in [2.05, 4.69) is 41.1 Å². The first-order chi connectivity index (χ1) is 8.72. The van der Waals surface area contributed by atoms with Crippen LogP contribution in [0.3, 0.4) is 0 Å². The van der Waals surface area contributed by atoms with Crippen molar-refractivity contribution in [1.82, 2.24) is 9.58 Å². The van der Waals surface area contributed by atoms with Crippen LogP contribution in [0.15, 0.2) is 29.6 Å². The quantitative estimate of drug-likeness (QED) is 0.603. The summed E-state index contributed by atoms with van der Waals surface area (Å²) in [4.78, 5) is 0. The van der Waals surface area contributed by atoms with Crippen LogP contribution in [0.5, 0.6) is 0 Å². The van der Waals surface area contributed by atoms with E-state index >= 15 is 0 Å². The van der Waals surface area contributed by atoms with Crippen LogP contribution in [0.4, 0.5) is 0 Å². The Balaban J connectivity index is 0.000000184. The highest BCUT2D eigenvalue weighted by molar-refractivity contribution is 5.75. The van der Waals surface area contributed by atoms with E-state index in [-0.39, 0.29) is 5.96 Å². The molecule has 0 aromatic carbocycles. The van der Waals surface area contributed by atoms with Gasteiger partial charge in [0.15, 0.2) is 0 Å². The van der Waals surface area contributed by atoms with Gasteiger partial charge in [-0.3, -0.25) is 5.01 Å². The second kappa shape index (κ2) is 8.41. The van der Waals surface area contributed by atoms with Crippen molar-refractivity contribution in [3.8, 4) is 0 Å². The summed E-state index contributed by atoms with van der Waals surface area (Å²) in [6.45, 7) is 6.29. The Hall–Kier alpha value is -1.69. The smallest absolute Gasteiger partial charge is 0.208 e. The van der Waals surface area contributed by atoms with E-state index in [1.165, 1.54) is 6.42 Å². The highest BCUT2D eigenvalue weighted by Gasteiger charge is 2.06. The molecule has 0 unspecified atom stereocenters. The van der Waals surface area contributed by atoms with E-state index in [1.54, 1.807) is 5.01 Å². The lowest BCUT2D eigenvalue weighted by molar-refractivity contribution is 0.0392. The average molecular weight is 253 g/mol. The van der Waals surface area contributed by atoms with Crippen LogP contribution in [0.25, 0.3) is 0 Å². The molecule has 1 aromatic rings. The lowest BCUT2D eigenvalue weighted by atomic mass is 10.5. The van der Waals surface area contributed by atoms with Gasteiger partial charge in [-0.15, -0.1) is 5.10 Å². The van der Waals surface area contributed by atoms with Gasteiger partial charge >= 0.3 is 0 Å². The second-order valence-corrected chi connectivity index (χ2v) is 4.01. The van der Waals surface area contributed by atoms with Crippen LogP contribution in [-0.2, 0) is 11.3 Å². The van der Waals surface area contributed by atoms with Crippen LogP contribution in [0.2, 0.25) is 0 Å². The summed E-state index contributed by atoms with van der Waals surface area (Å²) < 4.78 is 7.27. The summed E-state index contributed by atoms with van der Waals surface area (Å²) in [7, 11) is 0. The first kappa shape index (κ1) is 14.4. The topological polar surface area (TPSA) is 81.8 Å². The molecule has 0 spiro atoms. The zero-order chi connectivity index (χ0) is 13.2. The van der Waals surface area contributed by atoms with Gasteiger partial charge in [0.2, 0.25) is 5.96 Å². The Morgan fingerprint density at radius 1 is 1.22 bits per heavy atom. The predicted molar refractivity (Wildman–Crippen MR) is 72.9 cm³/mol. The number of hydrazone groups is 1. The zero-order valence-corrected chi connectivity index (χ0v) is 11.0. The van der Waals surface area contributed by atoms with Crippen LogP contribution >= 0.6 is 0 Å². The average Bonchev–Trinajstić information content (AvgIpc) is 2.84. The second-order valence-electron chi connectivity index (χ2n) is 4.01. The molecule has 1 aromatic heterocycles. The molecule has 4 N–H and O–H groups in total. The van der Waals surface area contributed by atoms with E-state index in [4.69, 9.17) is 16.2 Å². The Morgan fingerprint density at radius 3 is 2.33 bits per heavy atom. The third-order valence-corrected chi connectivity index (χ3v) is 2.39. The third kappa shape index (κ3) is 6.15. The van der Waals surface area contributed by atoms with Gasteiger partial charge < -0.3 is 20.8 Å². The summed E-state index contributed by atoms with van der Waals surface area (Å²) in [6, 6.07) is 4.10. The van der Waals surface area contributed by atoms with E-state index in [0.717, 1.165) is 19.6 Å². The summed E-state index contributed by atoms with van der Waals surface area (Å²) in [5.41, 5.74) is 10.3. The van der Waals surface area contributed by atoms with Gasteiger partial charge in [-0.1, -0.05) is 6.92 Å². The Morgan fingerprint density at radius 2 is 1.83 bits per heavy atom. The van der Waals surface area contributed by atoms with Gasteiger partial charge in [0, 0.05) is 18.9 Å². The van der Waals surface area contributed by atoms with Crippen molar-refractivity contribution in [3.63, 3.8) is 0 Å². The van der Waals surface area contributed by atoms with E-state index in [1.807, 2.05) is 0 Å². The zero-order valence-electron chi connectivity index (χ0n) is 11.0. The van der Waals surface area contributed by atoms with Crippen molar-refractivity contribution >= 4 is 5.96 Å². The molecule has 1 aliphatic rings. The number of guanidine groups is 1. The molecule has 0 bridgehead atoms. The molecule has 18 heavy (non-hydrogen) atoms. The monoisotopic (exact) mass is 253 g/mol. The van der Waals surface area contributed by atoms with E-state index in [9.17, 15) is 0 Å². The maximum Gasteiger partial charge on any atom is 0.208 e. The molecule has 102 valence electrons. The van der Waals surface area contributed by atoms with Gasteiger partial charge in [0.25, 0.3) is 0 Å². The number of morpholine rings is 1. The minimum Gasteiger partial charge on any atom is -0.378 e. The summed E-state index contributed by atoms with van der Waals surface area (Å²) >= 11 is 0. The Bertz CT molecular complexity index is 326. The van der Waals surface area contributed by atoms with Gasteiger partial charge in [-0.2, -0.15) is 0 Å². The van der Waals surface area contributed by atoms with Crippen molar-refractivity contribution in [2.75, 3.05) is 26.3 Å². The molecular weight excluding hydrogens is 230 g/mol. The van der Waals surface area contributed by atoms with Crippen LogP contribution in [-0.4, -0.2) is 41.8 Å². The van der Waals surface area contributed by atoms with Crippen molar-refractivity contribution in [2.45, 2.75) is 19.9 Å². The maximum absolute atomic E-state index is 5.17. The fourth-order valence-electron chi connectivity index (χ4n) is 1.59. The highest BCUT2D eigenvalue weighted by Crippen LogP contribution is 1.95. The van der Waals surface area contributed by atoms with Gasteiger partial charge in [-0.25, -0.2) is 0 Å². The number of hydrogen-bond acceptors (Lipinski definition) is 3. The minimum atomic E-state index is 0.113. The van der Waals surface area contributed by atoms with Crippen LogP contribution in [0, 0.1) is 0 Å². The fourth-order valence-corrected chi connectivity index (χ4v) is 1.59. The SMILES string of the molecule is CCCn1cccc1.NC(N)=NN1CCOCC1. The standard InChI is InChI=1S/C7H11N.C5H12N4O/c1-2-5-8-6-3-4-7-8;6-5(7)8-9-1-3-10-4-2-9/h3-4,6-7H,2,5H2,1H3;1-4H2,(H4,6,7,8). The van der Waals surface area contributed by atoms with Crippen molar-refractivity contribution in [3.05, 3.63) is 24.5 Å². The highest BCUT2D eigenvalue weighted by atomic mass is 16.5. The molecular formula is C12H23N5O. The van der Waals surface area contributed by atoms with Crippen molar-refractivity contribution in [1.29, 1.82) is 0 Å². The molecule has 1 fully saturated rings. The molecule has 0 radical (unpaired) electrons. The summed E-state index contributed by atoms with van der Waals surface area (Å²) in [5.74, 6) is 0.113. The Labute approximate surface area is 108 Å². The first-order valence-electron chi connectivity index (χ1n) is 6.25. The predicted octanol–water partition coefficient (Wildman–Crippen LogP) is 0.405. The molecule has 0 saturated carbocycles. The first-order valence-corrected chi connectivity index (χ1v) is 6.25. The molecule has 6 nitrogen and oxygen atoms in total. The third-order valence-electron chi connectivity index (χ3n) is 2.39. The maximum atomic E-state index is 5.17. The molecule has 2 rings (SSSR count). The lowest BCUT2D eigenvalue weighted by Gasteiger charge is -2.23. The van der Waals surface area contributed by atoms with E-state index < -0.39 is 0 Å². The number of nitrogens with zero attached hydrogens (tertiary/aromatic N) is 3. The number of ether oxygens (including phenoxy) is 1. The van der Waals surface area contributed by atoms with Crippen LogP contribution in [0.1, 0.15) is 13.3 Å². The van der Waals surface area contributed by atoms with Crippen molar-refractivity contribution in [2.24, 2.45) is 16.6 Å². The van der Waals surface area contributed by atoms with Gasteiger partial charge in [0.05, 0.1) is 26.3 Å². The molecule has 1 aliphatic heterocycles. The number of aryl methyl sites for hydroxylation is 1. The largest absolute Gasteiger partial charge is 0.378 e. The molecule has 2 heterocycles. The molecule has 6 heteroatoms. The van der Waals surface area contributed by atoms with Gasteiger partial charge in [-0.05, 0) is 18.6 Å². The normalized spacial score (nSPS) is 14.6. The number of rotatable bonds is 3. The number of aromatic nitrogens is 1. The minimum absolute atomic E-state index is 0.113. The van der Waals surface area contributed by atoms with E-state index in [0.29, 0.717) is 13.2 Å². The molecule has 0 amide bonds. The molecule has 0 aliphatic carbocycles. The molecule has 1 saturated heterocycles. The van der Waals surface area contributed by atoms with Crippen LogP contribution < -0.4 is 11.5 Å². The fraction of sp³-hybridized carbons (Fsp3) is 0.583. The lowest BCUT2D eigenvalue weighted by Crippen LogP contribution is -2.36. The number of nitrogens with two attached hydrogens (primary N) is 2. The summed E-state index contributed by atoms with van der Waals surface area (Å²) in [6.07, 6.45) is 5.39. The van der Waals surface area contributed by atoms with Crippen molar-refractivity contribution < 1.29 is 4.74 Å². The summed E-state index contributed by atoms with van der Waals surface area (Å²) in [5, 5.41) is 5.67. The number of hydrogen-bond donors (Lipinski definition) is 2. The Kier molecular flexibility index (Phi) is 6.71. The van der Waals surface area contributed by atoms with Gasteiger partial charge in [0.1, 0.15) is 0 Å².